The van der Waals surface area contributed by atoms with Crippen molar-refractivity contribution in [1.82, 2.24) is 0 Å². The van der Waals surface area contributed by atoms with E-state index in [1.54, 1.807) is 0 Å². The zero-order valence-corrected chi connectivity index (χ0v) is 14.8. The Kier molecular flexibility index (Phi) is 6.50. The fourth-order valence-electron chi connectivity index (χ4n) is 1.99. The molecule has 0 fully saturated rings. The van der Waals surface area contributed by atoms with Gasteiger partial charge in [-0.05, 0) is 53.7 Å². The van der Waals surface area contributed by atoms with Gasteiger partial charge in [0.25, 0.3) is 5.24 Å². The van der Waals surface area contributed by atoms with E-state index in [9.17, 15) is 27.2 Å². The lowest BCUT2D eigenvalue weighted by Crippen LogP contribution is -2.07. The first-order chi connectivity index (χ1) is 12.6. The van der Waals surface area contributed by atoms with E-state index in [0.29, 0.717) is 24.1 Å². The van der Waals surface area contributed by atoms with Gasteiger partial charge in [-0.15, -0.1) is 0 Å². The standard InChI is InChI=1S/C17H10ClF4NO3S/c18-10-2-4-14(12(7-10)17(20,21)22)26-15-3-1-9(6-13(15)19)5-11(8-24)27-16(23)25/h1-8H,(H2,23,25)/b11-5-. The minimum atomic E-state index is -4.75. The Morgan fingerprint density at radius 2 is 1.81 bits per heavy atom. The molecule has 0 atom stereocenters. The monoisotopic (exact) mass is 419 g/mol. The van der Waals surface area contributed by atoms with Crippen molar-refractivity contribution in [2.75, 3.05) is 0 Å². The van der Waals surface area contributed by atoms with Gasteiger partial charge in [0.1, 0.15) is 5.75 Å². The van der Waals surface area contributed by atoms with Gasteiger partial charge in [-0.2, -0.15) is 13.2 Å². The highest BCUT2D eigenvalue weighted by atomic mass is 35.5. The third-order valence-electron chi connectivity index (χ3n) is 3.07. The van der Waals surface area contributed by atoms with E-state index >= 15 is 0 Å². The number of aldehydes is 1. The van der Waals surface area contributed by atoms with Crippen LogP contribution in [0.5, 0.6) is 11.5 Å². The van der Waals surface area contributed by atoms with Crippen LogP contribution in [0.15, 0.2) is 41.3 Å². The molecule has 0 saturated carbocycles. The zero-order valence-electron chi connectivity index (χ0n) is 13.2. The van der Waals surface area contributed by atoms with Gasteiger partial charge in [0, 0.05) is 5.02 Å². The maximum atomic E-state index is 14.2. The molecule has 142 valence electrons. The summed E-state index contributed by atoms with van der Waals surface area (Å²) < 4.78 is 58.5. The highest BCUT2D eigenvalue weighted by molar-refractivity contribution is 8.17. The molecule has 1 amide bonds. The summed E-state index contributed by atoms with van der Waals surface area (Å²) in [5.74, 6) is -2.05. The number of primary amides is 1. The number of nitrogens with two attached hydrogens (primary N) is 1. The van der Waals surface area contributed by atoms with Gasteiger partial charge >= 0.3 is 6.18 Å². The second-order valence-corrected chi connectivity index (χ2v) is 6.53. The Bertz CT molecular complexity index is 916. The molecule has 0 unspecified atom stereocenters. The van der Waals surface area contributed by atoms with Crippen LogP contribution in [0, 0.1) is 5.82 Å². The summed E-state index contributed by atoms with van der Waals surface area (Å²) in [7, 11) is 0. The van der Waals surface area contributed by atoms with Crippen molar-refractivity contribution in [3.63, 3.8) is 0 Å². The Balaban J connectivity index is 2.34. The lowest BCUT2D eigenvalue weighted by molar-refractivity contribution is -0.138. The summed E-state index contributed by atoms with van der Waals surface area (Å²) >= 11 is 6.03. The summed E-state index contributed by atoms with van der Waals surface area (Å²) in [5, 5.41) is -0.972. The van der Waals surface area contributed by atoms with E-state index in [4.69, 9.17) is 22.1 Å². The van der Waals surface area contributed by atoms with Crippen molar-refractivity contribution in [1.29, 1.82) is 0 Å². The Hall–Kier alpha value is -2.52. The minimum Gasteiger partial charge on any atom is -0.454 e. The largest absolute Gasteiger partial charge is 0.454 e. The normalized spacial score (nSPS) is 12.0. The molecule has 2 rings (SSSR count). The number of carbonyl (C=O) groups is 2. The number of hydrogen-bond donors (Lipinski definition) is 1. The molecule has 0 aliphatic rings. The number of amides is 1. The third kappa shape index (κ3) is 5.73. The first-order valence-electron chi connectivity index (χ1n) is 7.08. The number of hydrogen-bond acceptors (Lipinski definition) is 4. The van der Waals surface area contributed by atoms with Crippen molar-refractivity contribution >= 4 is 41.0 Å². The van der Waals surface area contributed by atoms with E-state index in [0.717, 1.165) is 18.2 Å². The molecule has 0 heterocycles. The number of halogens is 5. The van der Waals surface area contributed by atoms with Gasteiger partial charge in [0.05, 0.1) is 10.5 Å². The van der Waals surface area contributed by atoms with Gasteiger partial charge in [0.2, 0.25) is 0 Å². The Labute approximate surface area is 159 Å². The fourth-order valence-corrected chi connectivity index (χ4v) is 2.64. The topological polar surface area (TPSA) is 69.4 Å². The number of thioether (sulfide) groups is 1. The van der Waals surface area contributed by atoms with Gasteiger partial charge in [-0.25, -0.2) is 4.39 Å². The molecule has 2 aromatic carbocycles. The molecule has 0 radical (unpaired) electrons. The SMILES string of the molecule is NC(=O)S/C(C=O)=C\c1ccc(Oc2ccc(Cl)cc2C(F)(F)F)c(F)c1. The van der Waals surface area contributed by atoms with Gasteiger partial charge in [-0.3, -0.25) is 9.59 Å². The third-order valence-corrected chi connectivity index (χ3v) is 3.95. The molecule has 0 spiro atoms. The number of ether oxygens (including phenoxy) is 1. The molecule has 2 aromatic rings. The molecule has 0 aliphatic heterocycles. The predicted octanol–water partition coefficient (Wildman–Crippen LogP) is 5.64. The van der Waals surface area contributed by atoms with Crippen LogP contribution in [0.25, 0.3) is 6.08 Å². The molecular weight excluding hydrogens is 410 g/mol. The number of rotatable bonds is 5. The van der Waals surface area contributed by atoms with Crippen molar-refractivity contribution in [2.24, 2.45) is 5.73 Å². The summed E-state index contributed by atoms with van der Waals surface area (Å²) in [5.41, 5.74) is 3.98. The van der Waals surface area contributed by atoms with Crippen molar-refractivity contribution in [3.05, 3.63) is 63.3 Å². The van der Waals surface area contributed by atoms with Crippen LogP contribution in [-0.4, -0.2) is 11.5 Å². The quantitative estimate of drug-likeness (QED) is 0.386. The lowest BCUT2D eigenvalue weighted by Gasteiger charge is -2.14. The van der Waals surface area contributed by atoms with E-state index in [1.165, 1.54) is 18.2 Å². The second-order valence-electron chi connectivity index (χ2n) is 5.02. The summed E-state index contributed by atoms with van der Waals surface area (Å²) in [6.45, 7) is 0. The van der Waals surface area contributed by atoms with Crippen LogP contribution in [0.1, 0.15) is 11.1 Å². The van der Waals surface area contributed by atoms with Crippen molar-refractivity contribution in [3.8, 4) is 11.5 Å². The smallest absolute Gasteiger partial charge is 0.420 e. The van der Waals surface area contributed by atoms with Crippen molar-refractivity contribution < 1.29 is 31.9 Å². The van der Waals surface area contributed by atoms with Crippen LogP contribution in [0.3, 0.4) is 0 Å². The molecule has 4 nitrogen and oxygen atoms in total. The first kappa shape index (κ1) is 20.8. The second kappa shape index (κ2) is 8.45. The molecule has 10 heteroatoms. The van der Waals surface area contributed by atoms with Crippen LogP contribution in [0.2, 0.25) is 5.02 Å². The van der Waals surface area contributed by atoms with Gasteiger partial charge in [0.15, 0.2) is 17.9 Å². The van der Waals surface area contributed by atoms with Crippen LogP contribution >= 0.6 is 23.4 Å². The van der Waals surface area contributed by atoms with Crippen LogP contribution in [0.4, 0.5) is 22.4 Å². The Morgan fingerprint density at radius 3 is 2.37 bits per heavy atom. The van der Waals surface area contributed by atoms with E-state index in [2.05, 4.69) is 0 Å². The molecule has 0 bridgehead atoms. The van der Waals surface area contributed by atoms with E-state index < -0.39 is 34.3 Å². The maximum Gasteiger partial charge on any atom is 0.420 e. The molecule has 0 saturated heterocycles. The number of alkyl halides is 3. The highest BCUT2D eigenvalue weighted by Crippen LogP contribution is 2.40. The van der Waals surface area contributed by atoms with E-state index in [1.807, 2.05) is 0 Å². The van der Waals surface area contributed by atoms with Gasteiger partial charge < -0.3 is 10.5 Å². The first-order valence-corrected chi connectivity index (χ1v) is 8.28. The van der Waals surface area contributed by atoms with Crippen LogP contribution < -0.4 is 10.5 Å². The molecular formula is C17H10ClF4NO3S. The van der Waals surface area contributed by atoms with Gasteiger partial charge in [-0.1, -0.05) is 17.7 Å². The lowest BCUT2D eigenvalue weighted by atomic mass is 10.1. The molecule has 0 aliphatic carbocycles. The average molecular weight is 420 g/mol. The number of benzene rings is 2. The fraction of sp³-hybridized carbons (Fsp3) is 0.0588. The molecule has 2 N–H and O–H groups in total. The maximum absolute atomic E-state index is 14.2. The van der Waals surface area contributed by atoms with Crippen molar-refractivity contribution in [2.45, 2.75) is 6.18 Å². The summed E-state index contributed by atoms with van der Waals surface area (Å²) in [4.78, 5) is 21.6. The zero-order chi connectivity index (χ0) is 20.2. The predicted molar refractivity (Wildman–Crippen MR) is 94.1 cm³/mol. The summed E-state index contributed by atoms with van der Waals surface area (Å²) in [6, 6.07) is 6.15. The highest BCUT2D eigenvalue weighted by Gasteiger charge is 2.35. The van der Waals surface area contributed by atoms with Crippen LogP contribution in [-0.2, 0) is 11.0 Å². The minimum absolute atomic E-state index is 0.0624. The average Bonchev–Trinajstić information content (AvgIpc) is 2.56. The molecule has 0 aromatic heterocycles. The summed E-state index contributed by atoms with van der Waals surface area (Å²) in [6.07, 6.45) is -3.19. The number of carbonyl (C=O) groups excluding carboxylic acids is 2. The number of allylic oxidation sites excluding steroid dienone is 1. The molecule has 27 heavy (non-hydrogen) atoms. The Morgan fingerprint density at radius 1 is 1.15 bits per heavy atom. The van der Waals surface area contributed by atoms with E-state index in [-0.39, 0.29) is 15.5 Å².